The van der Waals surface area contributed by atoms with Crippen LogP contribution in [0.5, 0.6) is 0 Å². The summed E-state index contributed by atoms with van der Waals surface area (Å²) in [4.78, 5) is 13.7. The first-order valence-electron chi connectivity index (χ1n) is 6.59. The molecule has 1 fully saturated rings. The third kappa shape index (κ3) is 2.88. The maximum absolute atomic E-state index is 13.7. The van der Waals surface area contributed by atoms with E-state index >= 15 is 0 Å². The van der Waals surface area contributed by atoms with Crippen LogP contribution in [0.2, 0.25) is 0 Å². The van der Waals surface area contributed by atoms with Gasteiger partial charge in [-0.25, -0.2) is 4.39 Å². The van der Waals surface area contributed by atoms with E-state index in [1.54, 1.807) is 17.0 Å². The molecule has 1 aromatic carbocycles. The van der Waals surface area contributed by atoms with Crippen molar-refractivity contribution >= 4 is 11.6 Å². The van der Waals surface area contributed by atoms with E-state index in [9.17, 15) is 9.18 Å². The summed E-state index contributed by atoms with van der Waals surface area (Å²) in [5, 5.41) is 0. The second-order valence-corrected chi connectivity index (χ2v) is 6.35. The number of hydrogen-bond donors (Lipinski definition) is 1. The molecule has 1 amide bonds. The van der Waals surface area contributed by atoms with Crippen LogP contribution in [0.25, 0.3) is 0 Å². The Morgan fingerprint density at radius 2 is 2.11 bits per heavy atom. The number of nitrogens with two attached hydrogens (primary N) is 1. The summed E-state index contributed by atoms with van der Waals surface area (Å²) in [6.07, 6.45) is 0.540. The van der Waals surface area contributed by atoms with Gasteiger partial charge in [0.2, 0.25) is 5.91 Å². The molecule has 1 aromatic rings. The van der Waals surface area contributed by atoms with Crippen LogP contribution in [-0.4, -0.2) is 17.4 Å². The van der Waals surface area contributed by atoms with Gasteiger partial charge in [0.25, 0.3) is 0 Å². The van der Waals surface area contributed by atoms with Crippen molar-refractivity contribution < 1.29 is 9.18 Å². The summed E-state index contributed by atoms with van der Waals surface area (Å²) < 4.78 is 13.7. The highest BCUT2D eigenvalue weighted by Crippen LogP contribution is 2.35. The van der Waals surface area contributed by atoms with E-state index in [1.807, 2.05) is 0 Å². The normalized spacial score (nSPS) is 20.1. The Morgan fingerprint density at radius 3 is 2.63 bits per heavy atom. The average molecular weight is 264 g/mol. The van der Waals surface area contributed by atoms with Crippen LogP contribution in [0.1, 0.15) is 32.8 Å². The van der Waals surface area contributed by atoms with Crippen molar-refractivity contribution in [3.63, 3.8) is 0 Å². The predicted octanol–water partition coefficient (Wildman–Crippen LogP) is 2.80. The lowest BCUT2D eigenvalue weighted by atomic mass is 9.80. The van der Waals surface area contributed by atoms with E-state index in [-0.39, 0.29) is 23.7 Å². The topological polar surface area (TPSA) is 46.3 Å². The lowest BCUT2D eigenvalue weighted by Gasteiger charge is -2.26. The molecule has 3 nitrogen and oxygen atoms in total. The molecule has 1 aliphatic rings. The van der Waals surface area contributed by atoms with E-state index in [0.29, 0.717) is 30.1 Å². The molecular formula is C15H21FN2O. The number of carbonyl (C=O) groups is 1. The van der Waals surface area contributed by atoms with E-state index in [4.69, 9.17) is 5.73 Å². The second-order valence-electron chi connectivity index (χ2n) is 6.35. The van der Waals surface area contributed by atoms with Crippen molar-refractivity contribution in [3.05, 3.63) is 29.6 Å². The zero-order chi connectivity index (χ0) is 14.2. The first kappa shape index (κ1) is 13.8. The Kier molecular flexibility index (Phi) is 3.52. The number of carbonyl (C=O) groups excluding carboxylic acids is 1. The van der Waals surface area contributed by atoms with Crippen LogP contribution in [-0.2, 0) is 11.3 Å². The third-order valence-electron chi connectivity index (χ3n) is 3.94. The minimum absolute atomic E-state index is 0.0857. The number of likely N-dealkylation sites (tertiary alicyclic amines) is 1. The van der Waals surface area contributed by atoms with Gasteiger partial charge in [0.15, 0.2) is 0 Å². The minimum Gasteiger partial charge on any atom is -0.398 e. The molecule has 0 bridgehead atoms. The monoisotopic (exact) mass is 264 g/mol. The lowest BCUT2D eigenvalue weighted by molar-refractivity contribution is -0.128. The molecule has 4 heteroatoms. The quantitative estimate of drug-likeness (QED) is 0.835. The van der Waals surface area contributed by atoms with Crippen LogP contribution in [0, 0.1) is 17.2 Å². The number of amides is 1. The highest BCUT2D eigenvalue weighted by molar-refractivity contribution is 5.79. The van der Waals surface area contributed by atoms with Crippen LogP contribution in [0.3, 0.4) is 0 Å². The summed E-state index contributed by atoms with van der Waals surface area (Å²) in [5.74, 6) is 0.0579. The Morgan fingerprint density at radius 1 is 1.42 bits per heavy atom. The maximum atomic E-state index is 13.7. The van der Waals surface area contributed by atoms with Gasteiger partial charge in [0.1, 0.15) is 5.82 Å². The van der Waals surface area contributed by atoms with Crippen molar-refractivity contribution in [3.8, 4) is 0 Å². The summed E-state index contributed by atoms with van der Waals surface area (Å²) in [7, 11) is 0. The number of hydrogen-bond acceptors (Lipinski definition) is 2. The van der Waals surface area contributed by atoms with Gasteiger partial charge in [-0.2, -0.15) is 0 Å². The van der Waals surface area contributed by atoms with Gasteiger partial charge < -0.3 is 10.6 Å². The Hall–Kier alpha value is -1.58. The summed E-state index contributed by atoms with van der Waals surface area (Å²) in [6.45, 7) is 7.34. The lowest BCUT2D eigenvalue weighted by Crippen LogP contribution is -2.28. The summed E-state index contributed by atoms with van der Waals surface area (Å²) in [5.41, 5.74) is 6.71. The highest BCUT2D eigenvalue weighted by Gasteiger charge is 2.37. The molecule has 19 heavy (non-hydrogen) atoms. The third-order valence-corrected chi connectivity index (χ3v) is 3.94. The van der Waals surface area contributed by atoms with Crippen LogP contribution >= 0.6 is 0 Å². The number of nitrogen functional groups attached to an aromatic ring is 1. The largest absolute Gasteiger partial charge is 0.398 e. The fourth-order valence-corrected chi connectivity index (χ4v) is 2.44. The fourth-order valence-electron chi connectivity index (χ4n) is 2.44. The minimum atomic E-state index is -0.341. The van der Waals surface area contributed by atoms with Crippen LogP contribution in [0.4, 0.5) is 10.1 Å². The van der Waals surface area contributed by atoms with Crippen LogP contribution in [0.15, 0.2) is 18.2 Å². The number of anilines is 1. The van der Waals surface area contributed by atoms with Crippen molar-refractivity contribution in [2.45, 2.75) is 33.7 Å². The van der Waals surface area contributed by atoms with Crippen molar-refractivity contribution in [1.29, 1.82) is 0 Å². The zero-order valence-corrected chi connectivity index (χ0v) is 11.7. The van der Waals surface area contributed by atoms with Crippen molar-refractivity contribution in [1.82, 2.24) is 4.90 Å². The number of nitrogens with zero attached hydrogens (tertiary/aromatic N) is 1. The molecule has 0 aromatic heterocycles. The SMILES string of the molecule is CC(C)(C)C1CC(=O)N(Cc2c(N)cccc2F)C1. The number of halogens is 1. The molecule has 0 saturated carbocycles. The molecule has 1 heterocycles. The van der Waals surface area contributed by atoms with E-state index in [1.165, 1.54) is 6.07 Å². The molecule has 0 radical (unpaired) electrons. The zero-order valence-electron chi connectivity index (χ0n) is 11.7. The fraction of sp³-hybridized carbons (Fsp3) is 0.533. The molecule has 0 spiro atoms. The first-order valence-corrected chi connectivity index (χ1v) is 6.59. The second kappa shape index (κ2) is 4.83. The summed E-state index contributed by atoms with van der Waals surface area (Å²) >= 11 is 0. The Bertz CT molecular complexity index is 473. The molecule has 104 valence electrons. The van der Waals surface area contributed by atoms with E-state index in [2.05, 4.69) is 20.8 Å². The molecule has 1 atom stereocenters. The molecule has 2 rings (SSSR count). The molecule has 1 aliphatic heterocycles. The maximum Gasteiger partial charge on any atom is 0.223 e. The van der Waals surface area contributed by atoms with Gasteiger partial charge in [-0.1, -0.05) is 26.8 Å². The van der Waals surface area contributed by atoms with Gasteiger partial charge in [0, 0.05) is 24.2 Å². The summed E-state index contributed by atoms with van der Waals surface area (Å²) in [6, 6.07) is 4.63. The van der Waals surface area contributed by atoms with Gasteiger partial charge in [-0.3, -0.25) is 4.79 Å². The van der Waals surface area contributed by atoms with Crippen LogP contribution < -0.4 is 5.73 Å². The van der Waals surface area contributed by atoms with E-state index in [0.717, 1.165) is 0 Å². The van der Waals surface area contributed by atoms with E-state index < -0.39 is 0 Å². The van der Waals surface area contributed by atoms with Gasteiger partial charge in [0.05, 0.1) is 6.54 Å². The van der Waals surface area contributed by atoms with Gasteiger partial charge in [-0.05, 0) is 23.5 Å². The average Bonchev–Trinajstić information content (AvgIpc) is 2.65. The number of rotatable bonds is 2. The van der Waals surface area contributed by atoms with Crippen molar-refractivity contribution in [2.75, 3.05) is 12.3 Å². The molecule has 2 N–H and O–H groups in total. The van der Waals surface area contributed by atoms with Gasteiger partial charge >= 0.3 is 0 Å². The smallest absolute Gasteiger partial charge is 0.223 e. The van der Waals surface area contributed by atoms with Crippen molar-refractivity contribution in [2.24, 2.45) is 11.3 Å². The molecule has 1 saturated heterocycles. The number of benzene rings is 1. The highest BCUT2D eigenvalue weighted by atomic mass is 19.1. The Balaban J connectivity index is 2.15. The standard InChI is InChI=1S/C15H21FN2O/c1-15(2,3)10-7-14(19)18(8-10)9-11-12(16)5-4-6-13(11)17/h4-6,10H,7-9,17H2,1-3H3. The Labute approximate surface area is 113 Å². The predicted molar refractivity (Wildman–Crippen MR) is 73.8 cm³/mol. The first-order chi connectivity index (χ1) is 8.79. The van der Waals surface area contributed by atoms with Gasteiger partial charge in [-0.15, -0.1) is 0 Å². The molecule has 1 unspecified atom stereocenters. The molecule has 0 aliphatic carbocycles. The molecular weight excluding hydrogens is 243 g/mol.